The first-order valence-electron chi connectivity index (χ1n) is 5.89. The molecule has 0 aliphatic heterocycles. The van der Waals surface area contributed by atoms with Gasteiger partial charge in [-0.1, -0.05) is 11.6 Å². The van der Waals surface area contributed by atoms with Gasteiger partial charge in [-0.3, -0.25) is 10.1 Å². The third-order valence-corrected chi connectivity index (χ3v) is 4.36. The van der Waals surface area contributed by atoms with Crippen LogP contribution in [0.5, 0.6) is 0 Å². The molecule has 1 aromatic carbocycles. The summed E-state index contributed by atoms with van der Waals surface area (Å²) in [5.74, 6) is 0.389. The predicted molar refractivity (Wildman–Crippen MR) is 86.9 cm³/mol. The van der Waals surface area contributed by atoms with Crippen LogP contribution in [0.4, 0.5) is 5.13 Å². The lowest BCUT2D eigenvalue weighted by Gasteiger charge is -2.04. The Morgan fingerprint density at radius 1 is 1.38 bits per heavy atom. The number of carbonyl (C=O) groups excluding carboxylic acids is 1. The summed E-state index contributed by atoms with van der Waals surface area (Å²) in [6, 6.07) is 8.64. The molecule has 4 nitrogen and oxygen atoms in total. The monoisotopic (exact) mass is 382 g/mol. The minimum atomic E-state index is -0.273. The highest BCUT2D eigenvalue weighted by atomic mass is 79.9. The van der Waals surface area contributed by atoms with Gasteiger partial charge in [-0.15, -0.1) is 11.3 Å². The number of nitrogens with zero attached hydrogens (tertiary/aromatic N) is 1. The summed E-state index contributed by atoms with van der Waals surface area (Å²) in [6.45, 7) is 0. The van der Waals surface area contributed by atoms with E-state index in [0.717, 1.165) is 0 Å². The van der Waals surface area contributed by atoms with Crippen molar-refractivity contribution in [2.75, 3.05) is 5.32 Å². The fraction of sp³-hybridized carbons (Fsp3) is 0. The van der Waals surface area contributed by atoms with E-state index in [4.69, 9.17) is 16.0 Å². The number of amides is 1. The molecular formula is C14H8BrClN2O2S. The molecule has 0 atom stereocenters. The van der Waals surface area contributed by atoms with Crippen LogP contribution in [0, 0.1) is 0 Å². The van der Waals surface area contributed by atoms with Gasteiger partial charge in [-0.05, 0) is 46.3 Å². The zero-order valence-corrected chi connectivity index (χ0v) is 13.6. The molecule has 0 saturated carbocycles. The summed E-state index contributed by atoms with van der Waals surface area (Å²) >= 11 is 10.6. The largest absolute Gasteiger partial charge is 0.463 e. The number of aromatic nitrogens is 1. The number of nitrogens with one attached hydrogen (secondary N) is 1. The van der Waals surface area contributed by atoms with E-state index >= 15 is 0 Å². The van der Waals surface area contributed by atoms with E-state index in [9.17, 15) is 4.79 Å². The molecule has 0 fully saturated rings. The third-order valence-electron chi connectivity index (χ3n) is 2.67. The summed E-state index contributed by atoms with van der Waals surface area (Å²) < 4.78 is 5.94. The number of carbonyl (C=O) groups is 1. The summed E-state index contributed by atoms with van der Waals surface area (Å²) in [5.41, 5.74) is 1.14. The quantitative estimate of drug-likeness (QED) is 0.687. The average Bonchev–Trinajstić information content (AvgIpc) is 3.11. The normalized spacial score (nSPS) is 10.6. The highest BCUT2D eigenvalue weighted by Gasteiger charge is 2.14. The fourth-order valence-electron chi connectivity index (χ4n) is 1.70. The highest BCUT2D eigenvalue weighted by Crippen LogP contribution is 2.27. The van der Waals surface area contributed by atoms with Crippen molar-refractivity contribution >= 4 is 49.9 Å². The lowest BCUT2D eigenvalue weighted by atomic mass is 10.2. The second kappa shape index (κ2) is 6.01. The van der Waals surface area contributed by atoms with E-state index in [2.05, 4.69) is 26.2 Å². The molecule has 7 heteroatoms. The third kappa shape index (κ3) is 3.18. The van der Waals surface area contributed by atoms with Gasteiger partial charge in [0.1, 0.15) is 5.69 Å². The van der Waals surface area contributed by atoms with Gasteiger partial charge in [0.25, 0.3) is 5.91 Å². The Bertz CT molecular complexity index is 786. The van der Waals surface area contributed by atoms with Crippen LogP contribution >= 0.6 is 38.9 Å². The lowest BCUT2D eigenvalue weighted by molar-refractivity contribution is 0.102. The summed E-state index contributed by atoms with van der Waals surface area (Å²) in [6.07, 6.45) is 1.58. The van der Waals surface area contributed by atoms with Crippen molar-refractivity contribution in [2.45, 2.75) is 0 Å². The van der Waals surface area contributed by atoms with Gasteiger partial charge in [0.05, 0.1) is 11.8 Å². The number of halogens is 2. The van der Waals surface area contributed by atoms with Gasteiger partial charge >= 0.3 is 0 Å². The molecule has 0 aliphatic rings. The topological polar surface area (TPSA) is 55.1 Å². The molecule has 2 heterocycles. The summed E-state index contributed by atoms with van der Waals surface area (Å²) in [7, 11) is 0. The fourth-order valence-corrected chi connectivity index (χ4v) is 3.00. The molecule has 0 saturated heterocycles. The predicted octanol–water partition coefficient (Wildman–Crippen LogP) is 5.07. The van der Waals surface area contributed by atoms with Gasteiger partial charge in [0, 0.05) is 14.9 Å². The van der Waals surface area contributed by atoms with Crippen molar-refractivity contribution in [2.24, 2.45) is 0 Å². The van der Waals surface area contributed by atoms with Crippen molar-refractivity contribution < 1.29 is 9.21 Å². The molecule has 106 valence electrons. The Balaban J connectivity index is 1.80. The maximum absolute atomic E-state index is 12.2. The maximum Gasteiger partial charge on any atom is 0.258 e. The van der Waals surface area contributed by atoms with Crippen molar-refractivity contribution in [1.82, 2.24) is 4.98 Å². The molecule has 0 spiro atoms. The molecule has 0 bridgehead atoms. The zero-order valence-electron chi connectivity index (χ0n) is 10.5. The number of hydrogen-bond acceptors (Lipinski definition) is 4. The minimum absolute atomic E-state index is 0.273. The Morgan fingerprint density at radius 2 is 2.24 bits per heavy atom. The number of hydrogen-bond donors (Lipinski definition) is 1. The van der Waals surface area contributed by atoms with Crippen LogP contribution in [0.3, 0.4) is 0 Å². The van der Waals surface area contributed by atoms with E-state index in [-0.39, 0.29) is 5.91 Å². The first-order chi connectivity index (χ1) is 10.1. The van der Waals surface area contributed by atoms with Crippen molar-refractivity contribution in [3.05, 3.63) is 57.0 Å². The van der Waals surface area contributed by atoms with Crippen LogP contribution < -0.4 is 5.32 Å². The van der Waals surface area contributed by atoms with Crippen molar-refractivity contribution in [1.29, 1.82) is 0 Å². The standard InChI is InChI=1S/C14H8BrClN2O2S/c15-10-4-3-8(16)6-9(10)13(19)18-14-17-11(7-21-14)12-2-1-5-20-12/h1-7H,(H,17,18,19). The van der Waals surface area contributed by atoms with E-state index in [1.165, 1.54) is 11.3 Å². The van der Waals surface area contributed by atoms with E-state index < -0.39 is 0 Å². The smallest absolute Gasteiger partial charge is 0.258 e. The van der Waals surface area contributed by atoms with E-state index in [1.54, 1.807) is 30.5 Å². The Kier molecular flexibility index (Phi) is 4.10. The van der Waals surface area contributed by atoms with Crippen molar-refractivity contribution in [3.63, 3.8) is 0 Å². The van der Waals surface area contributed by atoms with Crippen molar-refractivity contribution in [3.8, 4) is 11.5 Å². The van der Waals surface area contributed by atoms with E-state index in [1.807, 2.05) is 11.4 Å². The molecule has 1 N–H and O–H groups in total. The number of benzene rings is 1. The Morgan fingerprint density at radius 3 is 3.00 bits per heavy atom. The van der Waals surface area contributed by atoms with Gasteiger partial charge in [0.2, 0.25) is 0 Å². The summed E-state index contributed by atoms with van der Waals surface area (Å²) in [5, 5.41) is 5.56. The van der Waals surface area contributed by atoms with Crippen LogP contribution in [0.25, 0.3) is 11.5 Å². The van der Waals surface area contributed by atoms with Crippen LogP contribution in [-0.4, -0.2) is 10.9 Å². The molecule has 0 unspecified atom stereocenters. The van der Waals surface area contributed by atoms with Gasteiger partial charge in [-0.2, -0.15) is 0 Å². The van der Waals surface area contributed by atoms with Crippen LogP contribution in [0.15, 0.2) is 50.9 Å². The average molecular weight is 384 g/mol. The molecular weight excluding hydrogens is 376 g/mol. The maximum atomic E-state index is 12.2. The number of anilines is 1. The minimum Gasteiger partial charge on any atom is -0.463 e. The molecule has 0 aliphatic carbocycles. The second-order valence-corrected chi connectivity index (χ2v) is 6.24. The molecule has 21 heavy (non-hydrogen) atoms. The lowest BCUT2D eigenvalue weighted by Crippen LogP contribution is -2.12. The van der Waals surface area contributed by atoms with Gasteiger partial charge in [-0.25, -0.2) is 4.98 Å². The van der Waals surface area contributed by atoms with Gasteiger partial charge < -0.3 is 4.42 Å². The van der Waals surface area contributed by atoms with Crippen LogP contribution in [-0.2, 0) is 0 Å². The molecule has 3 aromatic rings. The molecule has 0 radical (unpaired) electrons. The molecule has 1 amide bonds. The Hall–Kier alpha value is -1.63. The SMILES string of the molecule is O=C(Nc1nc(-c2ccco2)cs1)c1cc(Cl)ccc1Br. The van der Waals surface area contributed by atoms with E-state index in [0.29, 0.717) is 31.6 Å². The Labute approximate surface area is 137 Å². The van der Waals surface area contributed by atoms with Gasteiger partial charge in [0.15, 0.2) is 10.9 Å². The van der Waals surface area contributed by atoms with Crippen LogP contribution in [0.2, 0.25) is 5.02 Å². The van der Waals surface area contributed by atoms with Crippen LogP contribution in [0.1, 0.15) is 10.4 Å². The summed E-state index contributed by atoms with van der Waals surface area (Å²) in [4.78, 5) is 16.5. The molecule has 2 aromatic heterocycles. The number of rotatable bonds is 3. The number of thiazole rings is 1. The number of furan rings is 1. The highest BCUT2D eigenvalue weighted by molar-refractivity contribution is 9.10. The zero-order chi connectivity index (χ0) is 14.8. The first-order valence-corrected chi connectivity index (χ1v) is 7.94. The second-order valence-electron chi connectivity index (χ2n) is 4.09. The first kappa shape index (κ1) is 14.3. The molecule has 3 rings (SSSR count).